The summed E-state index contributed by atoms with van der Waals surface area (Å²) >= 11 is 4.01. The number of thiol groups is 1. The fourth-order valence-corrected chi connectivity index (χ4v) is 1.29. The molecule has 0 aliphatic carbocycles. The zero-order valence-corrected chi connectivity index (χ0v) is 11.7. The predicted octanol–water partition coefficient (Wildman–Crippen LogP) is -0.537. The van der Waals surface area contributed by atoms with E-state index in [9.17, 15) is 9.59 Å². The van der Waals surface area contributed by atoms with Crippen LogP contribution in [-0.4, -0.2) is 69.6 Å². The molecule has 0 rings (SSSR count). The van der Waals surface area contributed by atoms with Crippen LogP contribution in [0.3, 0.4) is 0 Å². The minimum Gasteiger partial charge on any atom is -0.453 e. The van der Waals surface area contributed by atoms with Crippen LogP contribution in [0.5, 0.6) is 0 Å². The largest absolute Gasteiger partial charge is 0.453 e. The molecule has 0 saturated carbocycles. The highest BCUT2D eigenvalue weighted by atomic mass is 32.1. The maximum atomic E-state index is 11.7. The van der Waals surface area contributed by atoms with Gasteiger partial charge in [0.2, 0.25) is 5.91 Å². The number of quaternary nitrogens is 1. The Kier molecular flexibility index (Phi) is 6.98. The molecule has 0 aliphatic rings. The van der Waals surface area contributed by atoms with E-state index in [1.165, 1.54) is 7.11 Å². The average molecular weight is 264 g/mol. The summed E-state index contributed by atoms with van der Waals surface area (Å²) in [5.74, 6) is -0.0236. The quantitative estimate of drug-likeness (QED) is 0.446. The summed E-state index contributed by atoms with van der Waals surface area (Å²) < 4.78 is 5.18. The fraction of sp³-hybridized carbons (Fsp3) is 0.800. The van der Waals surface area contributed by atoms with E-state index < -0.39 is 12.1 Å². The lowest BCUT2D eigenvalue weighted by atomic mass is 10.3. The molecule has 0 aromatic rings. The molecular formula is C10H22N3O3S+. The van der Waals surface area contributed by atoms with Crippen LogP contribution < -0.4 is 10.6 Å². The Hall–Kier alpha value is -0.950. The standard InChI is InChI=1S/C10H21N3O3S/c1-13(2,3)6-5-11-9(14)8(7-17)12-10(15)16-4/h8H,5-7H2,1-4H3,(H2-,11,12,14,15,17)/p+1/t8-/m0/s1. The van der Waals surface area contributed by atoms with Crippen molar-refractivity contribution in [2.75, 3.05) is 47.1 Å². The van der Waals surface area contributed by atoms with Crippen molar-refractivity contribution in [3.8, 4) is 0 Å². The number of methoxy groups -OCH3 is 1. The van der Waals surface area contributed by atoms with Gasteiger partial charge in [-0.3, -0.25) is 4.79 Å². The molecule has 0 spiro atoms. The Balaban J connectivity index is 4.05. The van der Waals surface area contributed by atoms with Gasteiger partial charge in [0.1, 0.15) is 6.04 Å². The molecule has 2 amide bonds. The Bertz CT molecular complexity index is 266. The predicted molar refractivity (Wildman–Crippen MR) is 69.1 cm³/mol. The second-order valence-electron chi connectivity index (χ2n) is 4.68. The van der Waals surface area contributed by atoms with Gasteiger partial charge in [-0.25, -0.2) is 4.79 Å². The monoisotopic (exact) mass is 264 g/mol. The third-order valence-corrected chi connectivity index (χ3v) is 2.42. The SMILES string of the molecule is COC(=O)N[C@@H](CS)C(=O)NCC[N+](C)(C)C. The van der Waals surface area contributed by atoms with E-state index in [0.29, 0.717) is 6.54 Å². The Labute approximate surface area is 108 Å². The van der Waals surface area contributed by atoms with E-state index in [2.05, 4.69) is 28.0 Å². The highest BCUT2D eigenvalue weighted by molar-refractivity contribution is 7.80. The lowest BCUT2D eigenvalue weighted by Crippen LogP contribution is -2.50. The van der Waals surface area contributed by atoms with Gasteiger partial charge in [-0.05, 0) is 0 Å². The van der Waals surface area contributed by atoms with Crippen molar-refractivity contribution >= 4 is 24.6 Å². The van der Waals surface area contributed by atoms with Gasteiger partial charge >= 0.3 is 6.09 Å². The Morgan fingerprint density at radius 2 is 1.94 bits per heavy atom. The summed E-state index contributed by atoms with van der Waals surface area (Å²) in [6.45, 7) is 1.36. The van der Waals surface area contributed by atoms with Crippen molar-refractivity contribution in [2.24, 2.45) is 0 Å². The molecule has 0 unspecified atom stereocenters. The maximum absolute atomic E-state index is 11.7. The second kappa shape index (κ2) is 7.39. The van der Waals surface area contributed by atoms with Crippen LogP contribution in [0.2, 0.25) is 0 Å². The normalized spacial score (nSPS) is 12.8. The Morgan fingerprint density at radius 3 is 2.35 bits per heavy atom. The fourth-order valence-electron chi connectivity index (χ4n) is 1.03. The molecular weight excluding hydrogens is 242 g/mol. The molecule has 6 nitrogen and oxygen atoms in total. The van der Waals surface area contributed by atoms with Crippen molar-refractivity contribution in [3.63, 3.8) is 0 Å². The van der Waals surface area contributed by atoms with Crippen molar-refractivity contribution in [1.29, 1.82) is 0 Å². The zero-order chi connectivity index (χ0) is 13.5. The van der Waals surface area contributed by atoms with Crippen molar-refractivity contribution < 1.29 is 18.8 Å². The van der Waals surface area contributed by atoms with Crippen molar-refractivity contribution in [1.82, 2.24) is 10.6 Å². The van der Waals surface area contributed by atoms with Crippen LogP contribution in [0.15, 0.2) is 0 Å². The molecule has 100 valence electrons. The van der Waals surface area contributed by atoms with E-state index >= 15 is 0 Å². The van der Waals surface area contributed by atoms with E-state index in [1.807, 2.05) is 21.1 Å². The van der Waals surface area contributed by atoms with Gasteiger partial charge in [0.25, 0.3) is 0 Å². The number of rotatable bonds is 6. The van der Waals surface area contributed by atoms with Crippen LogP contribution in [0, 0.1) is 0 Å². The molecule has 17 heavy (non-hydrogen) atoms. The number of alkyl carbamates (subject to hydrolysis) is 1. The van der Waals surface area contributed by atoms with Crippen LogP contribution in [0.4, 0.5) is 4.79 Å². The summed E-state index contributed by atoms with van der Waals surface area (Å²) in [7, 11) is 7.36. The number of nitrogens with one attached hydrogen (secondary N) is 2. The molecule has 0 aliphatic heterocycles. The molecule has 0 heterocycles. The second-order valence-corrected chi connectivity index (χ2v) is 5.04. The highest BCUT2D eigenvalue weighted by Crippen LogP contribution is 1.91. The van der Waals surface area contributed by atoms with E-state index in [-0.39, 0.29) is 11.7 Å². The van der Waals surface area contributed by atoms with Crippen LogP contribution in [0.25, 0.3) is 0 Å². The first-order chi connectivity index (χ1) is 7.80. The third kappa shape index (κ3) is 7.87. The van der Waals surface area contributed by atoms with Crippen molar-refractivity contribution in [2.45, 2.75) is 6.04 Å². The lowest BCUT2D eigenvalue weighted by molar-refractivity contribution is -0.869. The minimum absolute atomic E-state index is 0.227. The Morgan fingerprint density at radius 1 is 1.35 bits per heavy atom. The molecule has 0 fully saturated rings. The lowest BCUT2D eigenvalue weighted by Gasteiger charge is -2.24. The minimum atomic E-state index is -0.668. The van der Waals surface area contributed by atoms with Gasteiger partial charge in [0.05, 0.1) is 41.3 Å². The van der Waals surface area contributed by atoms with Gasteiger partial charge < -0.3 is 19.9 Å². The molecule has 0 aromatic heterocycles. The van der Waals surface area contributed by atoms with Gasteiger partial charge in [0, 0.05) is 5.75 Å². The molecule has 0 aromatic carbocycles. The average Bonchev–Trinajstić information content (AvgIpc) is 2.23. The smallest absolute Gasteiger partial charge is 0.407 e. The van der Waals surface area contributed by atoms with E-state index in [1.54, 1.807) is 0 Å². The summed E-state index contributed by atoms with van der Waals surface area (Å²) in [4.78, 5) is 22.6. The number of nitrogens with zero attached hydrogens (tertiary/aromatic N) is 1. The topological polar surface area (TPSA) is 67.4 Å². The number of amides is 2. The summed E-state index contributed by atoms with van der Waals surface area (Å²) in [5, 5.41) is 5.16. The van der Waals surface area contributed by atoms with Crippen molar-refractivity contribution in [3.05, 3.63) is 0 Å². The summed E-state index contributed by atoms with van der Waals surface area (Å²) in [6, 6.07) is -0.668. The molecule has 0 bridgehead atoms. The number of carbonyl (C=O) groups excluding carboxylic acids is 2. The zero-order valence-electron chi connectivity index (χ0n) is 10.8. The number of carbonyl (C=O) groups is 2. The third-order valence-electron chi connectivity index (χ3n) is 2.06. The summed E-state index contributed by atoms with van der Waals surface area (Å²) in [5.41, 5.74) is 0. The number of likely N-dealkylation sites (N-methyl/N-ethyl adjacent to an activating group) is 1. The van der Waals surface area contributed by atoms with Crippen LogP contribution in [0.1, 0.15) is 0 Å². The first-order valence-electron chi connectivity index (χ1n) is 5.33. The van der Waals surface area contributed by atoms with Gasteiger partial charge in [-0.1, -0.05) is 0 Å². The van der Waals surface area contributed by atoms with E-state index in [0.717, 1.165) is 11.0 Å². The van der Waals surface area contributed by atoms with Crippen LogP contribution in [-0.2, 0) is 9.53 Å². The van der Waals surface area contributed by atoms with Gasteiger partial charge in [-0.15, -0.1) is 0 Å². The van der Waals surface area contributed by atoms with Gasteiger partial charge in [-0.2, -0.15) is 12.6 Å². The molecule has 1 atom stereocenters. The molecule has 2 N–H and O–H groups in total. The number of hydrogen-bond acceptors (Lipinski definition) is 4. The van der Waals surface area contributed by atoms with Gasteiger partial charge in [0.15, 0.2) is 0 Å². The maximum Gasteiger partial charge on any atom is 0.407 e. The van der Waals surface area contributed by atoms with Crippen LogP contribution >= 0.6 is 12.6 Å². The first kappa shape index (κ1) is 16.1. The summed E-state index contributed by atoms with van der Waals surface area (Å²) in [6.07, 6.45) is -0.634. The molecule has 0 saturated heterocycles. The number of hydrogen-bond donors (Lipinski definition) is 3. The highest BCUT2D eigenvalue weighted by Gasteiger charge is 2.19. The molecule has 7 heteroatoms. The molecule has 0 radical (unpaired) electrons. The first-order valence-corrected chi connectivity index (χ1v) is 5.97. The van der Waals surface area contributed by atoms with E-state index in [4.69, 9.17) is 0 Å². The number of ether oxygens (including phenoxy) is 1.